The number of esters is 1. The maximum absolute atomic E-state index is 17.6. The number of ether oxygens (including phenoxy) is 1. The Morgan fingerprint density at radius 1 is 1.28 bits per heavy atom. The van der Waals surface area contributed by atoms with Crippen LogP contribution in [0.15, 0.2) is 23.8 Å². The molecule has 8 heteroatoms. The number of ketones is 1. The van der Waals surface area contributed by atoms with E-state index >= 15 is 4.39 Å². The predicted molar refractivity (Wildman–Crippen MR) is 126 cm³/mol. The minimum atomic E-state index is -1.80. The standard InChI is InChI=1S/C24H32FNO4S2/c1-14(27)30-19-12-22(3)17(8-10-23(22,31-4)32-13-20(26)29)18-6-5-15-11-16(28)7-9-21(15,2)24(18,19)25/h7,9,11,17-19H,5-6,8,10,12-13H2,1-4H3,(H2,26,29)/t17-,18-,19-,21-,22-,23+,24-/m0/s1. The first-order valence-corrected chi connectivity index (χ1v) is 13.4. The number of primary amides is 1. The van der Waals surface area contributed by atoms with Crippen molar-refractivity contribution in [3.8, 4) is 0 Å². The Morgan fingerprint density at radius 3 is 2.62 bits per heavy atom. The lowest BCUT2D eigenvalue weighted by atomic mass is 9.46. The van der Waals surface area contributed by atoms with Gasteiger partial charge >= 0.3 is 5.97 Å². The third-order valence-corrected chi connectivity index (χ3v) is 12.5. The molecule has 0 heterocycles. The van der Waals surface area contributed by atoms with Gasteiger partial charge in [-0.05, 0) is 68.8 Å². The average Bonchev–Trinajstić information content (AvgIpc) is 3.00. The summed E-state index contributed by atoms with van der Waals surface area (Å²) in [4.78, 5) is 35.8. The molecule has 0 aliphatic heterocycles. The molecular formula is C24H32FNO4S2. The molecule has 4 rings (SSSR count). The maximum atomic E-state index is 17.6. The number of allylic oxidation sites excluding steroid dienone is 4. The first-order chi connectivity index (χ1) is 14.9. The number of halogens is 1. The molecule has 1 amide bonds. The van der Waals surface area contributed by atoms with Crippen molar-refractivity contribution in [2.75, 3.05) is 12.0 Å². The van der Waals surface area contributed by atoms with Gasteiger partial charge in [0.2, 0.25) is 5.91 Å². The molecule has 0 aromatic heterocycles. The second-order valence-electron chi connectivity index (χ2n) is 10.1. The van der Waals surface area contributed by atoms with Crippen molar-refractivity contribution in [2.24, 2.45) is 28.4 Å². The van der Waals surface area contributed by atoms with Crippen LogP contribution in [0.1, 0.15) is 52.9 Å². The highest BCUT2D eigenvalue weighted by atomic mass is 32.2. The van der Waals surface area contributed by atoms with E-state index in [0.29, 0.717) is 19.3 Å². The van der Waals surface area contributed by atoms with Crippen molar-refractivity contribution >= 4 is 41.2 Å². The largest absolute Gasteiger partial charge is 0.459 e. The van der Waals surface area contributed by atoms with E-state index in [0.717, 1.165) is 18.4 Å². The molecule has 0 aromatic rings. The van der Waals surface area contributed by atoms with Crippen LogP contribution in [0.3, 0.4) is 0 Å². The molecule has 0 unspecified atom stereocenters. The van der Waals surface area contributed by atoms with E-state index in [1.807, 2.05) is 13.2 Å². The Labute approximate surface area is 197 Å². The number of fused-ring (bicyclic) bond motifs is 5. The van der Waals surface area contributed by atoms with Crippen LogP contribution in [0, 0.1) is 22.7 Å². The Kier molecular flexibility index (Phi) is 5.89. The van der Waals surface area contributed by atoms with Gasteiger partial charge in [-0.1, -0.05) is 18.6 Å². The van der Waals surface area contributed by atoms with Crippen molar-refractivity contribution in [1.82, 2.24) is 0 Å². The van der Waals surface area contributed by atoms with Gasteiger partial charge in [-0.2, -0.15) is 0 Å². The number of alkyl halides is 1. The molecular weight excluding hydrogens is 449 g/mol. The van der Waals surface area contributed by atoms with Crippen molar-refractivity contribution in [3.05, 3.63) is 23.8 Å². The zero-order valence-electron chi connectivity index (χ0n) is 19.1. The minimum Gasteiger partial charge on any atom is -0.459 e. The number of amides is 1. The fourth-order valence-corrected chi connectivity index (χ4v) is 10.1. The van der Waals surface area contributed by atoms with Crippen molar-refractivity contribution < 1.29 is 23.5 Å². The van der Waals surface area contributed by atoms with Crippen molar-refractivity contribution in [2.45, 2.75) is 68.7 Å². The SMILES string of the molecule is CS[C@@]1(SCC(N)=O)CC[C@H]2[C@@H]3CCC4=CC(=O)C=C[C@]4(C)[C@@]3(F)[C@@H](OC(C)=O)C[C@@]21C. The lowest BCUT2D eigenvalue weighted by Crippen LogP contribution is -2.68. The summed E-state index contributed by atoms with van der Waals surface area (Å²) < 4.78 is 23.1. The van der Waals surface area contributed by atoms with Crippen LogP contribution in [-0.2, 0) is 19.1 Å². The summed E-state index contributed by atoms with van der Waals surface area (Å²) in [6, 6.07) is 0. The third kappa shape index (κ3) is 3.15. The van der Waals surface area contributed by atoms with E-state index in [4.69, 9.17) is 10.5 Å². The normalized spacial score (nSPS) is 44.8. The molecule has 4 aliphatic rings. The summed E-state index contributed by atoms with van der Waals surface area (Å²) in [6.45, 7) is 5.36. The van der Waals surface area contributed by atoms with Crippen molar-refractivity contribution in [3.63, 3.8) is 0 Å². The zero-order valence-corrected chi connectivity index (χ0v) is 20.7. The van der Waals surface area contributed by atoms with Crippen LogP contribution < -0.4 is 5.73 Å². The van der Waals surface area contributed by atoms with Crippen LogP contribution in [0.4, 0.5) is 4.39 Å². The van der Waals surface area contributed by atoms with Gasteiger partial charge in [-0.3, -0.25) is 14.4 Å². The van der Waals surface area contributed by atoms with Gasteiger partial charge in [-0.25, -0.2) is 4.39 Å². The molecule has 5 nitrogen and oxygen atoms in total. The molecule has 3 saturated carbocycles. The predicted octanol–water partition coefficient (Wildman–Crippen LogP) is 4.21. The highest BCUT2D eigenvalue weighted by Gasteiger charge is 2.74. The van der Waals surface area contributed by atoms with E-state index in [1.54, 1.807) is 35.7 Å². The lowest BCUT2D eigenvalue weighted by Gasteiger charge is -2.63. The molecule has 3 fully saturated rings. The summed E-state index contributed by atoms with van der Waals surface area (Å²) >= 11 is 3.27. The van der Waals surface area contributed by atoms with Gasteiger partial charge in [0, 0.05) is 18.3 Å². The van der Waals surface area contributed by atoms with Crippen LogP contribution in [0.5, 0.6) is 0 Å². The number of carbonyl (C=O) groups excluding carboxylic acids is 3. The lowest BCUT2D eigenvalue weighted by molar-refractivity contribution is -0.209. The molecule has 0 aromatic carbocycles. The fraction of sp³-hybridized carbons (Fsp3) is 0.708. The van der Waals surface area contributed by atoms with E-state index < -0.39 is 23.2 Å². The van der Waals surface area contributed by atoms with Crippen LogP contribution >= 0.6 is 23.5 Å². The third-order valence-electron chi connectivity index (χ3n) is 8.75. The Morgan fingerprint density at radius 2 is 2.00 bits per heavy atom. The Balaban J connectivity index is 1.82. The zero-order chi connectivity index (χ0) is 23.5. The first kappa shape index (κ1) is 23.9. The summed E-state index contributed by atoms with van der Waals surface area (Å²) in [7, 11) is 0. The minimum absolute atomic E-state index is 0.0801. The molecule has 0 spiro atoms. The monoisotopic (exact) mass is 481 g/mol. The smallest absolute Gasteiger partial charge is 0.303 e. The molecule has 4 aliphatic carbocycles. The number of carbonyl (C=O) groups is 3. The van der Waals surface area contributed by atoms with E-state index in [1.165, 1.54) is 13.0 Å². The van der Waals surface area contributed by atoms with Gasteiger partial charge in [0.1, 0.15) is 6.10 Å². The molecule has 7 atom stereocenters. The van der Waals surface area contributed by atoms with E-state index in [2.05, 4.69) is 6.92 Å². The molecule has 32 heavy (non-hydrogen) atoms. The fourth-order valence-electron chi connectivity index (χ4n) is 7.27. The number of hydrogen-bond donors (Lipinski definition) is 1. The number of hydrogen-bond acceptors (Lipinski definition) is 6. The number of rotatable bonds is 5. The quantitative estimate of drug-likeness (QED) is 0.468. The Hall–Kier alpha value is -1.28. The van der Waals surface area contributed by atoms with Gasteiger partial charge in [-0.15, -0.1) is 23.5 Å². The second kappa shape index (κ2) is 7.90. The second-order valence-corrected chi connectivity index (χ2v) is 12.7. The number of thioether (sulfide) groups is 2. The molecule has 176 valence electrons. The summed E-state index contributed by atoms with van der Waals surface area (Å²) in [5, 5.41) is 0. The van der Waals surface area contributed by atoms with Gasteiger partial charge in [0.05, 0.1) is 9.83 Å². The summed E-state index contributed by atoms with van der Waals surface area (Å²) in [6.07, 6.45) is 9.18. The molecule has 0 bridgehead atoms. The van der Waals surface area contributed by atoms with Gasteiger partial charge in [0.15, 0.2) is 11.5 Å². The van der Waals surface area contributed by atoms with Gasteiger partial charge in [0.25, 0.3) is 0 Å². The Bertz CT molecular complexity index is 922. The molecule has 0 saturated heterocycles. The van der Waals surface area contributed by atoms with Crippen LogP contribution in [0.2, 0.25) is 0 Å². The molecule has 2 N–H and O–H groups in total. The first-order valence-electron chi connectivity index (χ1n) is 11.2. The van der Waals surface area contributed by atoms with Gasteiger partial charge < -0.3 is 10.5 Å². The van der Waals surface area contributed by atoms with E-state index in [-0.39, 0.29) is 38.8 Å². The summed E-state index contributed by atoms with van der Waals surface area (Å²) in [5.41, 5.74) is 3.15. The molecule has 0 radical (unpaired) electrons. The summed E-state index contributed by atoms with van der Waals surface area (Å²) in [5.74, 6) is -0.998. The highest BCUT2D eigenvalue weighted by molar-refractivity contribution is 8.18. The maximum Gasteiger partial charge on any atom is 0.303 e. The van der Waals surface area contributed by atoms with Crippen LogP contribution in [-0.4, -0.2) is 45.5 Å². The van der Waals surface area contributed by atoms with E-state index in [9.17, 15) is 14.4 Å². The topological polar surface area (TPSA) is 86.5 Å². The highest BCUT2D eigenvalue weighted by Crippen LogP contribution is 2.74. The van der Waals surface area contributed by atoms with Crippen molar-refractivity contribution in [1.29, 1.82) is 0 Å². The average molecular weight is 482 g/mol. The number of nitrogens with two attached hydrogens (primary N) is 1. The van der Waals surface area contributed by atoms with Crippen LogP contribution in [0.25, 0.3) is 0 Å².